The van der Waals surface area contributed by atoms with E-state index in [0.717, 1.165) is 42.7 Å². The van der Waals surface area contributed by atoms with Crippen LogP contribution in [0.1, 0.15) is 16.8 Å². The molecule has 0 atom stereocenters. The van der Waals surface area contributed by atoms with Gasteiger partial charge in [0.05, 0.1) is 19.8 Å². The Morgan fingerprint density at radius 1 is 1.17 bits per heavy atom. The first-order valence-electron chi connectivity index (χ1n) is 8.15. The highest BCUT2D eigenvalue weighted by molar-refractivity contribution is 14.1. The van der Waals surface area contributed by atoms with E-state index < -0.39 is 0 Å². The summed E-state index contributed by atoms with van der Waals surface area (Å²) in [4.78, 5) is 17.2. The summed E-state index contributed by atoms with van der Waals surface area (Å²) in [5.74, 6) is 1.13. The Bertz CT molecular complexity index is 560. The predicted molar refractivity (Wildman–Crippen MR) is 103 cm³/mol. The summed E-state index contributed by atoms with van der Waals surface area (Å²) in [6.07, 6.45) is 0.958. The number of rotatable bonds is 7. The van der Waals surface area contributed by atoms with E-state index in [0.29, 0.717) is 23.6 Å². The molecule has 0 spiro atoms. The van der Waals surface area contributed by atoms with Crippen LogP contribution in [0.15, 0.2) is 12.1 Å². The van der Waals surface area contributed by atoms with Crippen molar-refractivity contribution in [1.82, 2.24) is 15.1 Å². The minimum Gasteiger partial charge on any atom is -0.493 e. The van der Waals surface area contributed by atoms with Crippen LogP contribution in [-0.4, -0.2) is 76.2 Å². The first-order chi connectivity index (χ1) is 11.5. The molecular weight excluding hydrogens is 421 g/mol. The molecule has 0 aromatic heterocycles. The number of ether oxygens (including phenoxy) is 2. The molecule has 1 aliphatic rings. The van der Waals surface area contributed by atoms with Crippen molar-refractivity contribution in [3.63, 3.8) is 0 Å². The number of piperazine rings is 1. The number of nitrogens with zero attached hydrogens (tertiary/aromatic N) is 2. The minimum atomic E-state index is -0.0706. The molecule has 1 fully saturated rings. The normalized spacial score (nSPS) is 16.0. The van der Waals surface area contributed by atoms with E-state index in [9.17, 15) is 4.79 Å². The zero-order valence-electron chi connectivity index (χ0n) is 14.6. The molecular formula is C17H26IN3O3. The maximum Gasteiger partial charge on any atom is 0.252 e. The van der Waals surface area contributed by atoms with Crippen LogP contribution in [0.3, 0.4) is 0 Å². The van der Waals surface area contributed by atoms with Gasteiger partial charge in [-0.25, -0.2) is 0 Å². The van der Waals surface area contributed by atoms with Crippen molar-refractivity contribution < 1.29 is 14.3 Å². The molecule has 1 aromatic rings. The molecule has 0 bridgehead atoms. The zero-order valence-corrected chi connectivity index (χ0v) is 16.8. The quantitative estimate of drug-likeness (QED) is 0.510. The van der Waals surface area contributed by atoms with Gasteiger partial charge in [-0.2, -0.15) is 0 Å². The lowest BCUT2D eigenvalue weighted by Gasteiger charge is -2.32. The lowest BCUT2D eigenvalue weighted by molar-refractivity contribution is 0.0948. The molecule has 1 aliphatic heterocycles. The van der Waals surface area contributed by atoms with Gasteiger partial charge in [-0.3, -0.25) is 4.79 Å². The van der Waals surface area contributed by atoms with Crippen LogP contribution in [-0.2, 0) is 0 Å². The molecule has 2 rings (SSSR count). The number of halogens is 1. The van der Waals surface area contributed by atoms with Gasteiger partial charge in [0.2, 0.25) is 0 Å². The topological polar surface area (TPSA) is 54.0 Å². The maximum atomic E-state index is 12.4. The first kappa shape index (κ1) is 19.3. The van der Waals surface area contributed by atoms with E-state index in [4.69, 9.17) is 9.47 Å². The zero-order chi connectivity index (χ0) is 17.5. The fourth-order valence-corrected chi connectivity index (χ4v) is 3.38. The molecule has 1 heterocycles. The van der Waals surface area contributed by atoms with Crippen molar-refractivity contribution in [2.75, 3.05) is 60.5 Å². The second-order valence-electron chi connectivity index (χ2n) is 5.94. The highest BCUT2D eigenvalue weighted by Crippen LogP contribution is 2.31. The van der Waals surface area contributed by atoms with Gasteiger partial charge in [-0.05, 0) is 54.7 Å². The summed E-state index contributed by atoms with van der Waals surface area (Å²) in [6.45, 7) is 6.16. The van der Waals surface area contributed by atoms with Crippen LogP contribution in [0.25, 0.3) is 0 Å². The number of amides is 1. The molecule has 0 saturated carbocycles. The molecule has 1 aromatic carbocycles. The molecule has 1 amide bonds. The van der Waals surface area contributed by atoms with E-state index in [-0.39, 0.29) is 5.91 Å². The third kappa shape index (κ3) is 5.22. The second kappa shape index (κ2) is 9.43. The van der Waals surface area contributed by atoms with E-state index in [1.165, 1.54) is 0 Å². The van der Waals surface area contributed by atoms with Gasteiger partial charge in [0.1, 0.15) is 0 Å². The van der Waals surface area contributed by atoms with Crippen molar-refractivity contribution in [2.24, 2.45) is 0 Å². The summed E-state index contributed by atoms with van der Waals surface area (Å²) >= 11 is 2.15. The fraction of sp³-hybridized carbons (Fsp3) is 0.588. The summed E-state index contributed by atoms with van der Waals surface area (Å²) in [6, 6.07) is 3.55. The predicted octanol–water partition coefficient (Wildman–Crippen LogP) is 1.68. The van der Waals surface area contributed by atoms with Gasteiger partial charge in [0, 0.05) is 36.3 Å². The van der Waals surface area contributed by atoms with Gasteiger partial charge in [-0.1, -0.05) is 0 Å². The van der Waals surface area contributed by atoms with Crippen LogP contribution in [0.4, 0.5) is 0 Å². The smallest absolute Gasteiger partial charge is 0.252 e. The van der Waals surface area contributed by atoms with E-state index in [2.05, 4.69) is 44.8 Å². The molecule has 7 heteroatoms. The van der Waals surface area contributed by atoms with Crippen molar-refractivity contribution in [3.05, 3.63) is 21.3 Å². The first-order valence-corrected chi connectivity index (χ1v) is 9.23. The maximum absolute atomic E-state index is 12.4. The van der Waals surface area contributed by atoms with Gasteiger partial charge in [0.15, 0.2) is 11.5 Å². The van der Waals surface area contributed by atoms with Crippen molar-refractivity contribution in [3.8, 4) is 11.5 Å². The standard InChI is InChI=1S/C17H26IN3O3/c1-20-7-9-21(10-8-20)6-4-5-19-17(22)13-11-15(23-2)16(24-3)12-14(13)18/h11-12H,4-10H2,1-3H3,(H,19,22). The monoisotopic (exact) mass is 447 g/mol. The SMILES string of the molecule is COc1cc(I)c(C(=O)NCCCN2CCN(C)CC2)cc1OC. The third-order valence-electron chi connectivity index (χ3n) is 4.25. The Kier molecular flexibility index (Phi) is 7.57. The fourth-order valence-electron chi connectivity index (χ4n) is 2.70. The molecule has 134 valence electrons. The molecule has 1 N–H and O–H groups in total. The Morgan fingerprint density at radius 2 is 1.79 bits per heavy atom. The van der Waals surface area contributed by atoms with Crippen LogP contribution >= 0.6 is 22.6 Å². The Hall–Kier alpha value is -1.06. The second-order valence-corrected chi connectivity index (χ2v) is 7.10. The number of likely N-dealkylation sites (N-methyl/N-ethyl adjacent to an activating group) is 1. The number of hydrogen-bond acceptors (Lipinski definition) is 5. The summed E-state index contributed by atoms with van der Waals surface area (Å²) in [5.41, 5.74) is 0.618. The van der Waals surface area contributed by atoms with Gasteiger partial charge in [0.25, 0.3) is 5.91 Å². The number of methoxy groups -OCH3 is 2. The highest BCUT2D eigenvalue weighted by Gasteiger charge is 2.16. The van der Waals surface area contributed by atoms with Crippen molar-refractivity contribution >= 4 is 28.5 Å². The van der Waals surface area contributed by atoms with E-state index in [1.54, 1.807) is 20.3 Å². The minimum absolute atomic E-state index is 0.0706. The Labute approximate surface area is 157 Å². The lowest BCUT2D eigenvalue weighted by atomic mass is 10.2. The van der Waals surface area contributed by atoms with Gasteiger partial charge < -0.3 is 24.6 Å². The van der Waals surface area contributed by atoms with E-state index >= 15 is 0 Å². The number of nitrogens with one attached hydrogen (secondary N) is 1. The van der Waals surface area contributed by atoms with Gasteiger partial charge in [-0.15, -0.1) is 0 Å². The number of carbonyl (C=O) groups is 1. The molecule has 0 radical (unpaired) electrons. The van der Waals surface area contributed by atoms with Crippen LogP contribution in [0.5, 0.6) is 11.5 Å². The van der Waals surface area contributed by atoms with Crippen LogP contribution in [0, 0.1) is 3.57 Å². The summed E-state index contributed by atoms with van der Waals surface area (Å²) in [7, 11) is 5.32. The summed E-state index contributed by atoms with van der Waals surface area (Å²) in [5, 5.41) is 3.00. The molecule has 0 aliphatic carbocycles. The van der Waals surface area contributed by atoms with Crippen LogP contribution < -0.4 is 14.8 Å². The number of carbonyl (C=O) groups excluding carboxylic acids is 1. The molecule has 6 nitrogen and oxygen atoms in total. The average Bonchev–Trinajstić information content (AvgIpc) is 2.59. The Morgan fingerprint density at radius 3 is 2.42 bits per heavy atom. The number of benzene rings is 1. The molecule has 1 saturated heterocycles. The lowest BCUT2D eigenvalue weighted by Crippen LogP contribution is -2.45. The van der Waals surface area contributed by atoms with Crippen molar-refractivity contribution in [2.45, 2.75) is 6.42 Å². The van der Waals surface area contributed by atoms with E-state index in [1.807, 2.05) is 6.07 Å². The van der Waals surface area contributed by atoms with Gasteiger partial charge >= 0.3 is 0 Å². The number of hydrogen-bond donors (Lipinski definition) is 1. The van der Waals surface area contributed by atoms with Crippen molar-refractivity contribution in [1.29, 1.82) is 0 Å². The largest absolute Gasteiger partial charge is 0.493 e. The third-order valence-corrected chi connectivity index (χ3v) is 5.14. The summed E-state index contributed by atoms with van der Waals surface area (Å²) < 4.78 is 11.4. The Balaban J connectivity index is 1.82. The van der Waals surface area contributed by atoms with Crippen LogP contribution in [0.2, 0.25) is 0 Å². The average molecular weight is 447 g/mol. The highest BCUT2D eigenvalue weighted by atomic mass is 127. The molecule has 24 heavy (non-hydrogen) atoms. The molecule has 0 unspecified atom stereocenters.